The van der Waals surface area contributed by atoms with Crippen molar-refractivity contribution in [3.63, 3.8) is 0 Å². The van der Waals surface area contributed by atoms with Gasteiger partial charge in [0.2, 0.25) is 23.6 Å². The predicted molar refractivity (Wildman–Crippen MR) is 328 cm³/mol. The van der Waals surface area contributed by atoms with Crippen LogP contribution in [0.15, 0.2) is 0 Å². The molecule has 0 aliphatic carbocycles. The number of methoxy groups -OCH3 is 4. The third-order valence-corrected chi connectivity index (χ3v) is 19.1. The molecule has 8 N–H and O–H groups in total. The van der Waals surface area contributed by atoms with E-state index in [0.29, 0.717) is 0 Å². The second kappa shape index (κ2) is 38.0. The molecule has 84 heavy (non-hydrogen) atoms. The Labute approximate surface area is 521 Å². The van der Waals surface area contributed by atoms with Crippen LogP contribution < -0.4 is 42.5 Å². The number of alkyl carbamates (subject to hydrolysis) is 4. The van der Waals surface area contributed by atoms with Gasteiger partial charge in [-0.1, -0.05) is 86.4 Å². The van der Waals surface area contributed by atoms with Crippen LogP contribution in [0.3, 0.4) is 0 Å². The van der Waals surface area contributed by atoms with E-state index in [9.17, 15) is 57.5 Å². The van der Waals surface area contributed by atoms with Crippen molar-refractivity contribution in [1.29, 1.82) is 0 Å². The third kappa shape index (κ3) is 34.1. The zero-order chi connectivity index (χ0) is 64.2. The highest BCUT2D eigenvalue weighted by Crippen LogP contribution is 2.28. The fourth-order valence-corrected chi connectivity index (χ4v) is 15.0. The lowest BCUT2D eigenvalue weighted by molar-refractivity contribution is -0.144. The van der Waals surface area contributed by atoms with Crippen LogP contribution in [0, 0.1) is 0 Å². The first-order chi connectivity index (χ1) is 38.9. The van der Waals surface area contributed by atoms with E-state index in [-0.39, 0.29) is 46.0 Å². The Morgan fingerprint density at radius 1 is 0.321 bits per heavy atom. The molecular weight excluding hydrogens is 1270 g/mol. The van der Waals surface area contributed by atoms with Gasteiger partial charge in [0, 0.05) is 46.0 Å². The topological polar surface area (TPSA) is 375 Å². The monoisotopic (exact) mass is 1340 g/mol. The number of carbonyl (C=O) groups is 12. The first kappa shape index (κ1) is 77.7. The molecule has 0 spiro atoms. The second-order valence-corrected chi connectivity index (χ2v) is 31.6. The van der Waals surface area contributed by atoms with Gasteiger partial charge in [-0.15, -0.1) is 0 Å². The van der Waals surface area contributed by atoms with Crippen molar-refractivity contribution < 1.29 is 95.4 Å². The molecule has 1 saturated heterocycles. The number of hydrogen-bond donors (Lipinski definition) is 8. The molecule has 0 aromatic heterocycles. The average Bonchev–Trinajstić information content (AvgIpc) is 3.50. The first-order valence-electron chi connectivity index (χ1n) is 25.4. The van der Waals surface area contributed by atoms with E-state index < -0.39 is 143 Å². The van der Waals surface area contributed by atoms with Gasteiger partial charge in [-0.05, 0) is 83.1 Å². The van der Waals surface area contributed by atoms with Crippen LogP contribution >= 0.6 is 86.4 Å². The molecule has 0 saturated carbocycles. The normalized spacial score (nSPS) is 23.3. The minimum atomic E-state index is -1.40. The maximum atomic E-state index is 14.0. The molecule has 0 unspecified atom stereocenters. The highest BCUT2D eigenvalue weighted by molar-refractivity contribution is 8.77. The SMILES string of the molecule is COC(=O)[C@@H]1CSSC[C@@H](C(=O)OC)NC(=O)[C@@H](NC(=O)OC(C)(C)C)CSSC[C@H](NC(=O)OC(C)(C)C)C(=O)N[C@H](C(=O)OC)CSSC[C@@H](C(=O)OC)NC(=O)[C@@H](NC(=O)OC(C)(C)C)CSSC[C@H](NC(=O)OC(C)(C)C)C(=O)N1. The van der Waals surface area contributed by atoms with Crippen LogP contribution in [0.25, 0.3) is 0 Å². The molecule has 0 radical (unpaired) electrons. The highest BCUT2D eigenvalue weighted by Gasteiger charge is 2.35. The Balaban J connectivity index is 3.91. The maximum absolute atomic E-state index is 14.0. The fraction of sp³-hybridized carbons (Fsp3) is 0.750. The maximum Gasteiger partial charge on any atom is 0.408 e. The molecule has 36 heteroatoms. The standard InChI is InChI=1S/C48H80N8O20S8/c1-45(2,3)73-41(65)53-25-17-77-78-18-26(54-42(66)74-46(4,5)6)34(58)50-31(39(63)71-15)23-83-84-24-32(40(64)72-16)52-36(60)28(56-44(68)76-48(10,11)12)20-80-79-19-27(55-43(67)75-47(7,8)9)35(59)51-30(38(62)70-14)22-82-81-21-29(37(61)69-13)49-33(25)57/h25-32H,17-24H2,1-16H3,(H,49,57)(H,50,58)(H,51,59)(H,52,60)(H,53,65)(H,54,66)(H,55,67)(H,56,68)/t25-,26-,27-,28-,29-,30-,31-,32-/m0/s1. The molecule has 1 heterocycles. The highest BCUT2D eigenvalue weighted by atomic mass is 33.1. The van der Waals surface area contributed by atoms with Crippen LogP contribution in [0.5, 0.6) is 0 Å². The van der Waals surface area contributed by atoms with E-state index in [1.165, 1.54) is 0 Å². The Bertz CT molecular complexity index is 1950. The summed E-state index contributed by atoms with van der Waals surface area (Å²) in [4.78, 5) is 161. The van der Waals surface area contributed by atoms with Gasteiger partial charge in [-0.25, -0.2) is 38.4 Å². The Morgan fingerprint density at radius 2 is 0.476 bits per heavy atom. The lowest BCUT2D eigenvalue weighted by Crippen LogP contribution is -2.55. The molecular formula is C48H80N8O20S8. The van der Waals surface area contributed by atoms with Gasteiger partial charge >= 0.3 is 48.3 Å². The van der Waals surface area contributed by atoms with Gasteiger partial charge in [-0.2, -0.15) is 0 Å². The number of ether oxygens (including phenoxy) is 8. The van der Waals surface area contributed by atoms with Gasteiger partial charge < -0.3 is 80.4 Å². The number of esters is 4. The van der Waals surface area contributed by atoms with Crippen molar-refractivity contribution in [3.05, 3.63) is 0 Å². The minimum absolute atomic E-state index is 0.190. The first-order valence-corrected chi connectivity index (χ1v) is 35.3. The summed E-state index contributed by atoms with van der Waals surface area (Å²) in [5, 5.41) is 20.2. The van der Waals surface area contributed by atoms with Gasteiger partial charge in [0.15, 0.2) is 0 Å². The van der Waals surface area contributed by atoms with Gasteiger partial charge in [-0.3, -0.25) is 19.2 Å². The smallest absolute Gasteiger partial charge is 0.408 e. The van der Waals surface area contributed by atoms with Crippen molar-refractivity contribution in [2.75, 3.05) is 74.5 Å². The zero-order valence-electron chi connectivity index (χ0n) is 49.7. The number of hydrogen-bond acceptors (Lipinski definition) is 28. The molecule has 8 amide bonds. The average molecular weight is 1350 g/mol. The van der Waals surface area contributed by atoms with Gasteiger partial charge in [0.1, 0.15) is 70.7 Å². The Morgan fingerprint density at radius 3 is 0.619 bits per heavy atom. The summed E-state index contributed by atoms with van der Waals surface area (Å²) in [6, 6.07) is -11.0. The summed E-state index contributed by atoms with van der Waals surface area (Å²) in [6.07, 6.45) is -3.97. The summed E-state index contributed by atoms with van der Waals surface area (Å²) < 4.78 is 41.5. The molecule has 1 fully saturated rings. The number of amides is 8. The second-order valence-electron chi connectivity index (χ2n) is 21.4. The van der Waals surface area contributed by atoms with E-state index >= 15 is 0 Å². The molecule has 480 valence electrons. The van der Waals surface area contributed by atoms with Crippen molar-refractivity contribution in [2.45, 2.75) is 154 Å². The molecule has 0 aromatic carbocycles. The van der Waals surface area contributed by atoms with Crippen LogP contribution in [0.4, 0.5) is 19.2 Å². The van der Waals surface area contributed by atoms with Crippen LogP contribution in [-0.4, -0.2) is 217 Å². The van der Waals surface area contributed by atoms with Gasteiger partial charge in [0.05, 0.1) is 28.4 Å². The number of rotatable bonds is 8. The van der Waals surface area contributed by atoms with Crippen molar-refractivity contribution in [2.24, 2.45) is 0 Å². The van der Waals surface area contributed by atoms with Crippen molar-refractivity contribution in [1.82, 2.24) is 42.5 Å². The molecule has 8 atom stereocenters. The van der Waals surface area contributed by atoms with E-state index in [1.807, 2.05) is 0 Å². The summed E-state index contributed by atoms with van der Waals surface area (Å²) >= 11 is 0. The quantitative estimate of drug-likeness (QED) is 0.0975. The lowest BCUT2D eigenvalue weighted by Gasteiger charge is -2.26. The van der Waals surface area contributed by atoms with Crippen molar-refractivity contribution >= 4 is 158 Å². The van der Waals surface area contributed by atoms with Crippen LogP contribution in [0.2, 0.25) is 0 Å². The van der Waals surface area contributed by atoms with Crippen LogP contribution in [-0.2, 0) is 76.3 Å². The van der Waals surface area contributed by atoms with Crippen LogP contribution in [0.1, 0.15) is 83.1 Å². The molecule has 0 bridgehead atoms. The minimum Gasteiger partial charge on any atom is -0.467 e. The van der Waals surface area contributed by atoms with E-state index in [2.05, 4.69) is 42.5 Å². The van der Waals surface area contributed by atoms with E-state index in [4.69, 9.17) is 37.9 Å². The lowest BCUT2D eigenvalue weighted by atomic mass is 10.2. The molecule has 1 aliphatic heterocycles. The summed E-state index contributed by atoms with van der Waals surface area (Å²) in [5.41, 5.74) is -3.99. The Hall–Kier alpha value is -4.36. The largest absolute Gasteiger partial charge is 0.467 e. The Kier molecular flexibility index (Phi) is 35.2. The van der Waals surface area contributed by atoms with E-state index in [1.54, 1.807) is 83.1 Å². The number of carbonyl (C=O) groups excluding carboxylic acids is 12. The zero-order valence-corrected chi connectivity index (χ0v) is 56.2. The summed E-state index contributed by atoms with van der Waals surface area (Å²) in [7, 11) is 12.2. The fourth-order valence-electron chi connectivity index (χ4n) is 5.79. The third-order valence-electron chi connectivity index (χ3n) is 9.45. The number of nitrogens with one attached hydrogen (secondary N) is 8. The van der Waals surface area contributed by atoms with E-state index in [0.717, 1.165) is 115 Å². The van der Waals surface area contributed by atoms with Crippen molar-refractivity contribution in [3.8, 4) is 0 Å². The summed E-state index contributed by atoms with van der Waals surface area (Å²) in [5.74, 6) is -8.68. The molecule has 0 aromatic rings. The molecule has 28 nitrogen and oxygen atoms in total. The predicted octanol–water partition coefficient (Wildman–Crippen LogP) is 3.73. The molecule has 1 rings (SSSR count). The van der Waals surface area contributed by atoms with Gasteiger partial charge in [0.25, 0.3) is 0 Å². The molecule has 1 aliphatic rings. The summed E-state index contributed by atoms with van der Waals surface area (Å²) in [6.45, 7) is 19.2.